The quantitative estimate of drug-likeness (QED) is 0.0888. The molecule has 6 saturated heterocycles. The van der Waals surface area contributed by atoms with E-state index in [0.29, 0.717) is 36.5 Å². The molecule has 18 heteroatoms. The third kappa shape index (κ3) is 7.45. The molecule has 0 aromatic carbocycles. The lowest BCUT2D eigenvalue weighted by Gasteiger charge is -2.69. The summed E-state index contributed by atoms with van der Waals surface area (Å²) in [5, 5.41) is 46.6. The Morgan fingerprint density at radius 3 is 1.58 bits per heavy atom. The number of fused-ring (bicyclic) bond motifs is 10. The maximum absolute atomic E-state index is 12.6. The van der Waals surface area contributed by atoms with Crippen molar-refractivity contribution in [3.05, 3.63) is 22.3 Å². The maximum Gasteiger partial charge on any atom is 0.397 e. The Balaban J connectivity index is 0.791. The normalized spacial score (nSPS) is 52.2. The Morgan fingerprint density at radius 2 is 1.12 bits per heavy atom. The van der Waals surface area contributed by atoms with Crippen LogP contribution >= 0.6 is 0 Å². The van der Waals surface area contributed by atoms with E-state index < -0.39 is 95.9 Å². The minimum atomic E-state index is -4.85. The van der Waals surface area contributed by atoms with E-state index in [4.69, 9.17) is 27.3 Å². The first-order chi connectivity index (χ1) is 35.0. The molecule has 0 radical (unpaired) electrons. The van der Waals surface area contributed by atoms with Gasteiger partial charge in [-0.25, -0.2) is 8.37 Å². The van der Waals surface area contributed by atoms with Crippen LogP contribution in [-0.2, 0) is 48.1 Å². The average Bonchev–Trinajstić information content (AvgIpc) is 4.03. The third-order valence-corrected chi connectivity index (χ3v) is 26.7. The van der Waals surface area contributed by atoms with E-state index in [9.17, 15) is 46.4 Å². The Morgan fingerprint density at radius 1 is 0.658 bits per heavy atom. The van der Waals surface area contributed by atoms with Crippen LogP contribution in [0.4, 0.5) is 0 Å². The number of hydrogen-bond donors (Lipinski definition) is 6. The van der Waals surface area contributed by atoms with Crippen molar-refractivity contribution in [1.82, 2.24) is 0 Å². The van der Waals surface area contributed by atoms with Crippen LogP contribution in [0.5, 0.6) is 0 Å². The highest BCUT2D eigenvalue weighted by Crippen LogP contribution is 2.74. The summed E-state index contributed by atoms with van der Waals surface area (Å²) in [6.07, 6.45) is 7.78. The minimum absolute atomic E-state index is 0.0116. The van der Waals surface area contributed by atoms with Gasteiger partial charge in [-0.1, -0.05) is 77.7 Å². The number of rotatable bonds is 10. The standard InChI is InChI=1S/C58H90O16S2/c1-30(35-13-15-37-33-23-42(72-75(63,64)65)47-49(3,4)57(61)44(59)26-55(47,28-69-57)39(33)18-20-52(35,37)9)12-17-46-54(11)25-32(51(7,8)74-54)22-41(71-46)31(2)36-14-16-38-34-24-43(73-76(66,67)68)48-50(5,6)58(62)45(60)27-56(48,29-70-58)40(34)19-21-53(36,38)10/h30-32,35-38,41-48,59-62H,12-29H2,1-11H3,(H,63,64,65)(H,66,67,68)/t30-,31+,32-,35-,36-,37?,38?,41-,42+,43+,44+,45+,46+,47?,48?,52-,53-,54-,55+,56+,57?,58?/m1/s1. The highest BCUT2D eigenvalue weighted by Gasteiger charge is 2.76. The van der Waals surface area contributed by atoms with E-state index in [1.165, 1.54) is 22.3 Å². The molecule has 6 unspecified atom stereocenters. The number of aliphatic hydroxyl groups is 4. The van der Waals surface area contributed by atoms with Gasteiger partial charge in [0.05, 0.1) is 48.8 Å². The van der Waals surface area contributed by atoms with E-state index >= 15 is 0 Å². The maximum atomic E-state index is 12.6. The van der Waals surface area contributed by atoms with Crippen LogP contribution < -0.4 is 0 Å². The summed E-state index contributed by atoms with van der Waals surface area (Å²) in [5.74, 6) is -2.89. The van der Waals surface area contributed by atoms with Crippen molar-refractivity contribution in [2.45, 2.75) is 238 Å². The summed E-state index contributed by atoms with van der Waals surface area (Å²) in [5.41, 5.74) is 0.215. The zero-order valence-electron chi connectivity index (χ0n) is 47.0. The topological polar surface area (TPSA) is 245 Å². The Bertz CT molecular complexity index is 2700. The molecule has 6 aliphatic heterocycles. The highest BCUT2D eigenvalue weighted by molar-refractivity contribution is 7.81. The molecule has 76 heavy (non-hydrogen) atoms. The number of aliphatic hydroxyl groups excluding tert-OH is 2. The minimum Gasteiger partial charge on any atom is -0.387 e. The molecule has 6 heterocycles. The van der Waals surface area contributed by atoms with Gasteiger partial charge < -0.3 is 39.4 Å². The first-order valence-electron chi connectivity index (χ1n) is 29.2. The van der Waals surface area contributed by atoms with Crippen molar-refractivity contribution < 1.29 is 73.7 Å². The zero-order valence-corrected chi connectivity index (χ0v) is 48.6. The van der Waals surface area contributed by atoms with Crippen LogP contribution in [0, 0.1) is 85.8 Å². The Labute approximate surface area is 452 Å². The lowest BCUT2D eigenvalue weighted by molar-refractivity contribution is -0.408. The number of ether oxygens (including phenoxy) is 4. The largest absolute Gasteiger partial charge is 0.397 e. The summed E-state index contributed by atoms with van der Waals surface area (Å²) < 4.78 is 109. The van der Waals surface area contributed by atoms with Gasteiger partial charge in [0.25, 0.3) is 0 Å². The smallest absolute Gasteiger partial charge is 0.387 e. The van der Waals surface area contributed by atoms with E-state index in [-0.39, 0.29) is 72.4 Å². The third-order valence-electron chi connectivity index (χ3n) is 25.7. The molecule has 14 aliphatic rings. The lowest BCUT2D eigenvalue weighted by atomic mass is 9.42. The molecule has 6 bridgehead atoms. The van der Waals surface area contributed by atoms with Gasteiger partial charge in [-0.15, -0.1) is 0 Å². The van der Waals surface area contributed by atoms with Crippen LogP contribution in [0.15, 0.2) is 22.3 Å². The molecule has 16 nitrogen and oxygen atoms in total. The molecule has 0 aromatic rings. The molecule has 10 fully saturated rings. The molecular weight excluding hydrogens is 1020 g/mol. The van der Waals surface area contributed by atoms with Gasteiger partial charge in [0, 0.05) is 33.5 Å². The fourth-order valence-corrected chi connectivity index (χ4v) is 23.5. The van der Waals surface area contributed by atoms with Crippen LogP contribution in [0.2, 0.25) is 0 Å². The van der Waals surface area contributed by atoms with Gasteiger partial charge in [0.2, 0.25) is 0 Å². The Hall–Kier alpha value is -1.10. The number of hydrogen-bond acceptors (Lipinski definition) is 14. The van der Waals surface area contributed by atoms with Crippen LogP contribution in [0.25, 0.3) is 0 Å². The molecule has 430 valence electrons. The van der Waals surface area contributed by atoms with Crippen LogP contribution in [0.3, 0.4) is 0 Å². The summed E-state index contributed by atoms with van der Waals surface area (Å²) >= 11 is 0. The highest BCUT2D eigenvalue weighted by atomic mass is 32.3. The first kappa shape index (κ1) is 55.4. The molecular formula is C58H90O16S2. The van der Waals surface area contributed by atoms with E-state index in [2.05, 4.69) is 48.5 Å². The second-order valence-corrected chi connectivity index (χ2v) is 32.0. The molecule has 22 atom stereocenters. The van der Waals surface area contributed by atoms with Crippen LogP contribution in [0.1, 0.15) is 179 Å². The predicted molar refractivity (Wildman–Crippen MR) is 278 cm³/mol. The molecule has 8 aliphatic carbocycles. The molecule has 0 aromatic heterocycles. The van der Waals surface area contributed by atoms with Crippen LogP contribution in [-0.4, -0.2) is 119 Å². The van der Waals surface area contributed by atoms with Crippen molar-refractivity contribution in [3.63, 3.8) is 0 Å². The molecule has 0 amide bonds. The van der Waals surface area contributed by atoms with Gasteiger partial charge >= 0.3 is 20.8 Å². The Kier molecular flexibility index (Phi) is 12.4. The molecule has 14 rings (SSSR count). The van der Waals surface area contributed by atoms with Gasteiger partial charge in [0.1, 0.15) is 12.2 Å². The zero-order chi connectivity index (χ0) is 54.9. The fourth-order valence-electron chi connectivity index (χ4n) is 22.5. The molecule has 6 N–H and O–H groups in total. The van der Waals surface area contributed by atoms with Gasteiger partial charge in [-0.2, -0.15) is 16.8 Å². The predicted octanol–water partition coefficient (Wildman–Crippen LogP) is 8.42. The summed E-state index contributed by atoms with van der Waals surface area (Å²) in [4.78, 5) is 0. The molecule has 2 spiro atoms. The van der Waals surface area contributed by atoms with Gasteiger partial charge in [-0.3, -0.25) is 9.11 Å². The summed E-state index contributed by atoms with van der Waals surface area (Å²) in [6, 6.07) is 0. The van der Waals surface area contributed by atoms with Crippen molar-refractivity contribution in [3.8, 4) is 0 Å². The SMILES string of the molecule is C[C@@H]([C@H]1CCC2C3=C(CC[C@@]21C)[C@@]12COC(O)([C@@H](O)C1)C(C)(C)C2[C@@H](OS(=O)(=O)O)C3)[C@H]1C[C@@H]2C[C@@](C)(OC2(C)C)[C@H](CC[C@@H](C)[C@H]2CCC3C4=C(CC[C@@]32C)[C@@]23COC(O)([C@@H](O)C2)C(C)(C)C3[C@@H](OS(=O)(=O)O)C4)O1. The summed E-state index contributed by atoms with van der Waals surface area (Å²) in [7, 11) is -9.68. The van der Waals surface area contributed by atoms with Gasteiger partial charge in [0.15, 0.2) is 11.6 Å². The van der Waals surface area contributed by atoms with Crippen molar-refractivity contribution in [2.24, 2.45) is 85.8 Å². The monoisotopic (exact) mass is 1110 g/mol. The first-order valence-corrected chi connectivity index (χ1v) is 32.0. The van der Waals surface area contributed by atoms with Gasteiger partial charge in [-0.05, 0) is 176 Å². The second kappa shape index (κ2) is 17.0. The summed E-state index contributed by atoms with van der Waals surface area (Å²) in [6.45, 7) is 24.0. The van der Waals surface area contributed by atoms with E-state index in [1.807, 2.05) is 27.7 Å². The molecule has 4 saturated carbocycles. The van der Waals surface area contributed by atoms with E-state index in [0.717, 1.165) is 77.0 Å². The lowest BCUT2D eigenvalue weighted by Crippen LogP contribution is -2.76. The van der Waals surface area contributed by atoms with Crippen molar-refractivity contribution in [1.29, 1.82) is 0 Å². The average molecular weight is 1110 g/mol. The van der Waals surface area contributed by atoms with E-state index in [1.54, 1.807) is 0 Å². The van der Waals surface area contributed by atoms with Crippen molar-refractivity contribution >= 4 is 20.8 Å². The second-order valence-electron chi connectivity index (χ2n) is 29.9. The fraction of sp³-hybridized carbons (Fsp3) is 0.931. The van der Waals surface area contributed by atoms with Crippen molar-refractivity contribution in [2.75, 3.05) is 13.2 Å².